The second kappa shape index (κ2) is 7.99. The van der Waals surface area contributed by atoms with Crippen molar-refractivity contribution in [3.63, 3.8) is 0 Å². The molecule has 0 radical (unpaired) electrons. The SMILES string of the molecule is Cc1cc(Cl)cc2sc(N(Cc3cccnc3)C(=O)c3ccccc3Br)nc12. The second-order valence-corrected chi connectivity index (χ2v) is 8.60. The van der Waals surface area contributed by atoms with Crippen molar-refractivity contribution >= 4 is 60.1 Å². The van der Waals surface area contributed by atoms with E-state index in [1.165, 1.54) is 11.3 Å². The van der Waals surface area contributed by atoms with E-state index in [1.54, 1.807) is 23.4 Å². The van der Waals surface area contributed by atoms with E-state index in [1.807, 2.05) is 49.4 Å². The van der Waals surface area contributed by atoms with Crippen LogP contribution in [0.15, 0.2) is 65.4 Å². The summed E-state index contributed by atoms with van der Waals surface area (Å²) >= 11 is 11.1. The van der Waals surface area contributed by atoms with Crippen LogP contribution < -0.4 is 4.90 Å². The standard InChI is InChI=1S/C21H15BrClN3OS/c1-13-9-15(23)10-18-19(13)25-21(28-18)26(12-14-5-4-8-24-11-14)20(27)16-6-2-3-7-17(16)22/h2-11H,12H2,1H3. The summed E-state index contributed by atoms with van der Waals surface area (Å²) in [6.45, 7) is 2.35. The first kappa shape index (κ1) is 19.1. The lowest BCUT2D eigenvalue weighted by Crippen LogP contribution is -2.30. The van der Waals surface area contributed by atoms with Gasteiger partial charge in [-0.25, -0.2) is 4.98 Å². The van der Waals surface area contributed by atoms with Crippen molar-refractivity contribution in [3.8, 4) is 0 Å². The average molecular weight is 473 g/mol. The molecule has 0 unspecified atom stereocenters. The monoisotopic (exact) mass is 471 g/mol. The van der Waals surface area contributed by atoms with Gasteiger partial charge >= 0.3 is 0 Å². The van der Waals surface area contributed by atoms with Gasteiger partial charge in [0.2, 0.25) is 0 Å². The Labute approximate surface area is 179 Å². The van der Waals surface area contributed by atoms with E-state index in [0.717, 1.165) is 25.8 Å². The summed E-state index contributed by atoms with van der Waals surface area (Å²) in [5.41, 5.74) is 3.36. The van der Waals surface area contributed by atoms with Crippen LogP contribution in [0.3, 0.4) is 0 Å². The first-order valence-electron chi connectivity index (χ1n) is 8.55. The number of anilines is 1. The number of thiazole rings is 1. The van der Waals surface area contributed by atoms with Crippen molar-refractivity contribution < 1.29 is 4.79 Å². The van der Waals surface area contributed by atoms with E-state index in [0.29, 0.717) is 22.3 Å². The second-order valence-electron chi connectivity index (χ2n) is 6.30. The van der Waals surface area contributed by atoms with Crippen LogP contribution in [0.2, 0.25) is 5.02 Å². The van der Waals surface area contributed by atoms with E-state index in [2.05, 4.69) is 20.9 Å². The van der Waals surface area contributed by atoms with Gasteiger partial charge in [0.15, 0.2) is 5.13 Å². The van der Waals surface area contributed by atoms with Crippen LogP contribution in [0, 0.1) is 6.92 Å². The lowest BCUT2D eigenvalue weighted by Gasteiger charge is -2.20. The number of pyridine rings is 1. The highest BCUT2D eigenvalue weighted by Crippen LogP contribution is 2.34. The molecule has 4 rings (SSSR count). The lowest BCUT2D eigenvalue weighted by molar-refractivity contribution is 0.0984. The third kappa shape index (κ3) is 3.81. The van der Waals surface area contributed by atoms with Gasteiger partial charge in [0, 0.05) is 21.9 Å². The van der Waals surface area contributed by atoms with Gasteiger partial charge in [-0.3, -0.25) is 14.7 Å². The first-order chi connectivity index (χ1) is 13.5. The molecule has 0 spiro atoms. The molecule has 0 aliphatic carbocycles. The highest BCUT2D eigenvalue weighted by molar-refractivity contribution is 9.10. The molecule has 4 nitrogen and oxygen atoms in total. The highest BCUT2D eigenvalue weighted by Gasteiger charge is 2.23. The summed E-state index contributed by atoms with van der Waals surface area (Å²) in [5.74, 6) is -0.126. The van der Waals surface area contributed by atoms with Gasteiger partial charge in [-0.1, -0.05) is 41.1 Å². The Bertz CT molecular complexity index is 1160. The van der Waals surface area contributed by atoms with Crippen LogP contribution in [-0.2, 0) is 6.54 Å². The molecule has 7 heteroatoms. The molecule has 0 aliphatic heterocycles. The van der Waals surface area contributed by atoms with Crippen LogP contribution in [0.1, 0.15) is 21.5 Å². The van der Waals surface area contributed by atoms with Gasteiger partial charge in [0.25, 0.3) is 5.91 Å². The zero-order valence-corrected chi connectivity index (χ0v) is 18.1. The summed E-state index contributed by atoms with van der Waals surface area (Å²) in [7, 11) is 0. The van der Waals surface area contributed by atoms with Gasteiger partial charge < -0.3 is 0 Å². The fourth-order valence-corrected chi connectivity index (χ4v) is 4.81. The Balaban J connectivity index is 1.82. The molecule has 1 amide bonds. The molecule has 0 fully saturated rings. The number of aryl methyl sites for hydroxylation is 1. The molecule has 2 aromatic carbocycles. The number of halogens is 2. The van der Waals surface area contributed by atoms with E-state index >= 15 is 0 Å². The molecule has 140 valence electrons. The number of carbonyl (C=O) groups excluding carboxylic acids is 1. The topological polar surface area (TPSA) is 46.1 Å². The van der Waals surface area contributed by atoms with Crippen molar-refractivity contribution in [1.29, 1.82) is 0 Å². The Hall–Kier alpha value is -2.28. The van der Waals surface area contributed by atoms with Crippen LogP contribution in [0.5, 0.6) is 0 Å². The summed E-state index contributed by atoms with van der Waals surface area (Å²) in [5, 5.41) is 1.29. The Morgan fingerprint density at radius 2 is 2.04 bits per heavy atom. The molecule has 0 saturated heterocycles. The van der Waals surface area contributed by atoms with E-state index < -0.39 is 0 Å². The number of nitrogens with zero attached hydrogens (tertiary/aromatic N) is 3. The maximum Gasteiger partial charge on any atom is 0.261 e. The lowest BCUT2D eigenvalue weighted by atomic mass is 10.2. The van der Waals surface area contributed by atoms with Crippen molar-refractivity contribution in [2.24, 2.45) is 0 Å². The Kier molecular flexibility index (Phi) is 5.44. The number of aromatic nitrogens is 2. The third-order valence-corrected chi connectivity index (χ3v) is 6.22. The zero-order chi connectivity index (χ0) is 19.7. The van der Waals surface area contributed by atoms with Crippen molar-refractivity contribution in [2.45, 2.75) is 13.5 Å². The number of benzene rings is 2. The molecule has 0 saturated carbocycles. The van der Waals surface area contributed by atoms with Crippen molar-refractivity contribution in [1.82, 2.24) is 9.97 Å². The number of amides is 1. The molecule has 2 aromatic heterocycles. The molecule has 28 heavy (non-hydrogen) atoms. The largest absolute Gasteiger partial charge is 0.279 e. The number of rotatable bonds is 4. The molecule has 4 aromatic rings. The maximum atomic E-state index is 13.4. The van der Waals surface area contributed by atoms with Crippen molar-refractivity contribution in [2.75, 3.05) is 4.90 Å². The number of hydrogen-bond acceptors (Lipinski definition) is 4. The number of carbonyl (C=O) groups is 1. The van der Waals surface area contributed by atoms with E-state index in [-0.39, 0.29) is 5.91 Å². The van der Waals surface area contributed by atoms with Crippen molar-refractivity contribution in [3.05, 3.63) is 87.1 Å². The molecule has 0 atom stereocenters. The molecular weight excluding hydrogens is 458 g/mol. The van der Waals surface area contributed by atoms with Crippen LogP contribution in [0.4, 0.5) is 5.13 Å². The smallest absolute Gasteiger partial charge is 0.261 e. The minimum absolute atomic E-state index is 0.126. The zero-order valence-electron chi connectivity index (χ0n) is 14.9. The minimum atomic E-state index is -0.126. The van der Waals surface area contributed by atoms with E-state index in [4.69, 9.17) is 16.6 Å². The molecule has 0 N–H and O–H groups in total. The summed E-state index contributed by atoms with van der Waals surface area (Å²) in [6, 6.07) is 15.0. The predicted octanol–water partition coefficient (Wildman–Crippen LogP) is 6.26. The van der Waals surface area contributed by atoms with Gasteiger partial charge in [-0.05, 0) is 64.3 Å². The summed E-state index contributed by atoms with van der Waals surface area (Å²) in [4.78, 5) is 24.0. The van der Waals surface area contributed by atoms with Gasteiger partial charge in [-0.2, -0.15) is 0 Å². The number of fused-ring (bicyclic) bond motifs is 1. The molecular formula is C21H15BrClN3OS. The Morgan fingerprint density at radius 3 is 2.79 bits per heavy atom. The van der Waals surface area contributed by atoms with Gasteiger partial charge in [-0.15, -0.1) is 0 Å². The predicted molar refractivity (Wildman–Crippen MR) is 118 cm³/mol. The average Bonchev–Trinajstić information content (AvgIpc) is 3.11. The first-order valence-corrected chi connectivity index (χ1v) is 10.5. The fraction of sp³-hybridized carbons (Fsp3) is 0.0952. The van der Waals surface area contributed by atoms with Gasteiger partial charge in [0.1, 0.15) is 0 Å². The van der Waals surface area contributed by atoms with Crippen LogP contribution in [-0.4, -0.2) is 15.9 Å². The fourth-order valence-electron chi connectivity index (χ4n) is 2.94. The quantitative estimate of drug-likeness (QED) is 0.352. The van der Waals surface area contributed by atoms with Crippen LogP contribution in [0.25, 0.3) is 10.2 Å². The normalized spacial score (nSPS) is 11.0. The molecule has 0 bridgehead atoms. The molecule has 0 aliphatic rings. The highest BCUT2D eigenvalue weighted by atomic mass is 79.9. The van der Waals surface area contributed by atoms with Crippen LogP contribution >= 0.6 is 38.9 Å². The summed E-state index contributed by atoms with van der Waals surface area (Å²) < 4.78 is 1.70. The number of hydrogen-bond donors (Lipinski definition) is 0. The third-order valence-electron chi connectivity index (χ3n) is 4.28. The maximum absolute atomic E-state index is 13.4. The van der Waals surface area contributed by atoms with Gasteiger partial charge in [0.05, 0.1) is 22.3 Å². The Morgan fingerprint density at radius 1 is 1.21 bits per heavy atom. The molecule has 2 heterocycles. The summed E-state index contributed by atoms with van der Waals surface area (Å²) in [6.07, 6.45) is 3.47. The van der Waals surface area contributed by atoms with E-state index in [9.17, 15) is 4.79 Å². The minimum Gasteiger partial charge on any atom is -0.279 e.